The lowest BCUT2D eigenvalue weighted by molar-refractivity contribution is 0.246. The summed E-state index contributed by atoms with van der Waals surface area (Å²) in [6.07, 6.45) is 4.88. The fourth-order valence-electron chi connectivity index (χ4n) is 2.85. The van der Waals surface area contributed by atoms with Crippen LogP contribution in [-0.4, -0.2) is 50.4 Å². The zero-order valence-electron chi connectivity index (χ0n) is 12.8. The van der Waals surface area contributed by atoms with Gasteiger partial charge in [0.2, 0.25) is 0 Å². The van der Waals surface area contributed by atoms with Crippen molar-refractivity contribution in [3.05, 3.63) is 51.2 Å². The molecule has 7 nitrogen and oxygen atoms in total. The fourth-order valence-corrected chi connectivity index (χ4v) is 3.82. The van der Waals surface area contributed by atoms with E-state index in [1.807, 2.05) is 5.38 Å². The van der Waals surface area contributed by atoms with Crippen molar-refractivity contribution in [3.63, 3.8) is 0 Å². The van der Waals surface area contributed by atoms with Gasteiger partial charge < -0.3 is 4.90 Å². The summed E-state index contributed by atoms with van der Waals surface area (Å²) in [4.78, 5) is 30.0. The molecule has 3 aromatic rings. The normalized spacial score (nSPS) is 16.0. The minimum atomic E-state index is -0.0253. The number of fused-ring (bicyclic) bond motifs is 1. The summed E-state index contributed by atoms with van der Waals surface area (Å²) < 4.78 is 1.57. The highest BCUT2D eigenvalue weighted by atomic mass is 35.5. The quantitative estimate of drug-likeness (QED) is 0.703. The molecule has 0 atom stereocenters. The van der Waals surface area contributed by atoms with E-state index in [1.165, 1.54) is 17.7 Å². The van der Waals surface area contributed by atoms with Gasteiger partial charge in [-0.25, -0.2) is 15.0 Å². The molecular formula is C15H15ClN6OS. The summed E-state index contributed by atoms with van der Waals surface area (Å²) in [7, 11) is 0. The molecule has 0 bridgehead atoms. The maximum Gasteiger partial charge on any atom is 0.258 e. The Kier molecular flexibility index (Phi) is 4.17. The first kappa shape index (κ1) is 15.5. The topological polar surface area (TPSA) is 66.6 Å². The molecule has 0 aromatic carbocycles. The van der Waals surface area contributed by atoms with Crippen LogP contribution >= 0.6 is 22.9 Å². The minimum Gasteiger partial charge on any atom is -0.353 e. The number of nitrogens with zero attached hydrogens (tertiary/aromatic N) is 6. The molecule has 0 N–H and O–H groups in total. The largest absolute Gasteiger partial charge is 0.353 e. The first-order chi connectivity index (χ1) is 11.7. The van der Waals surface area contributed by atoms with E-state index < -0.39 is 0 Å². The first-order valence-corrected chi connectivity index (χ1v) is 8.85. The Hall–Kier alpha value is -2.03. The SMILES string of the molecule is O=c1cc(CN2CCN(c3ncncc3Cl)CC2)nc2sccn12. The molecule has 0 aliphatic carbocycles. The molecule has 9 heteroatoms. The predicted octanol–water partition coefficient (Wildman–Crippen LogP) is 1.52. The van der Waals surface area contributed by atoms with E-state index in [1.54, 1.807) is 22.9 Å². The molecule has 0 unspecified atom stereocenters. The van der Waals surface area contributed by atoms with Gasteiger partial charge in [0, 0.05) is 50.4 Å². The minimum absolute atomic E-state index is 0.0253. The van der Waals surface area contributed by atoms with Gasteiger partial charge in [0.05, 0.1) is 11.9 Å². The second kappa shape index (κ2) is 6.46. The second-order valence-corrected chi connectivity index (χ2v) is 6.88. The Morgan fingerprint density at radius 2 is 2.08 bits per heavy atom. The van der Waals surface area contributed by atoms with Crippen molar-refractivity contribution in [2.75, 3.05) is 31.1 Å². The summed E-state index contributed by atoms with van der Waals surface area (Å²) >= 11 is 7.63. The number of hydrogen-bond acceptors (Lipinski definition) is 7. The Balaban J connectivity index is 1.44. The average Bonchev–Trinajstić information content (AvgIpc) is 3.05. The smallest absolute Gasteiger partial charge is 0.258 e. The van der Waals surface area contributed by atoms with Gasteiger partial charge >= 0.3 is 0 Å². The van der Waals surface area contributed by atoms with E-state index in [2.05, 4.69) is 24.8 Å². The summed E-state index contributed by atoms with van der Waals surface area (Å²) in [5, 5.41) is 2.45. The van der Waals surface area contributed by atoms with Crippen molar-refractivity contribution in [2.45, 2.75) is 6.54 Å². The van der Waals surface area contributed by atoms with Gasteiger partial charge in [-0.3, -0.25) is 14.1 Å². The van der Waals surface area contributed by atoms with Crippen LogP contribution in [0.15, 0.2) is 35.0 Å². The Labute approximate surface area is 147 Å². The van der Waals surface area contributed by atoms with E-state index in [-0.39, 0.29) is 5.56 Å². The Morgan fingerprint density at radius 1 is 1.25 bits per heavy atom. The molecule has 24 heavy (non-hydrogen) atoms. The summed E-state index contributed by atoms with van der Waals surface area (Å²) in [5.74, 6) is 0.780. The van der Waals surface area contributed by atoms with E-state index in [4.69, 9.17) is 11.6 Å². The van der Waals surface area contributed by atoms with Crippen LogP contribution in [0.2, 0.25) is 5.02 Å². The number of thiazole rings is 1. The molecule has 1 saturated heterocycles. The van der Waals surface area contributed by atoms with Gasteiger partial charge in [-0.1, -0.05) is 11.6 Å². The lowest BCUT2D eigenvalue weighted by Gasteiger charge is -2.35. The molecule has 1 aliphatic heterocycles. The number of rotatable bonds is 3. The highest BCUT2D eigenvalue weighted by Gasteiger charge is 2.20. The van der Waals surface area contributed by atoms with Crippen molar-refractivity contribution >= 4 is 33.7 Å². The van der Waals surface area contributed by atoms with Crippen molar-refractivity contribution in [2.24, 2.45) is 0 Å². The lowest BCUT2D eigenvalue weighted by atomic mass is 10.3. The van der Waals surface area contributed by atoms with Crippen molar-refractivity contribution in [1.82, 2.24) is 24.3 Å². The van der Waals surface area contributed by atoms with Gasteiger partial charge in [0.25, 0.3) is 5.56 Å². The third-order valence-corrected chi connectivity index (χ3v) is 5.09. The van der Waals surface area contributed by atoms with Crippen LogP contribution in [-0.2, 0) is 6.54 Å². The maximum absolute atomic E-state index is 12.1. The van der Waals surface area contributed by atoms with Gasteiger partial charge in [-0.2, -0.15) is 0 Å². The van der Waals surface area contributed by atoms with Crippen molar-refractivity contribution in [3.8, 4) is 0 Å². The monoisotopic (exact) mass is 362 g/mol. The highest BCUT2D eigenvalue weighted by Crippen LogP contribution is 2.22. The van der Waals surface area contributed by atoms with Crippen LogP contribution in [0.4, 0.5) is 5.82 Å². The summed E-state index contributed by atoms with van der Waals surface area (Å²) in [6.45, 7) is 4.07. The van der Waals surface area contributed by atoms with E-state index in [9.17, 15) is 4.79 Å². The van der Waals surface area contributed by atoms with E-state index in [0.29, 0.717) is 11.6 Å². The lowest BCUT2D eigenvalue weighted by Crippen LogP contribution is -2.46. The molecule has 0 spiro atoms. The molecule has 4 rings (SSSR count). The van der Waals surface area contributed by atoms with Crippen molar-refractivity contribution in [1.29, 1.82) is 0 Å². The number of hydrogen-bond donors (Lipinski definition) is 0. The van der Waals surface area contributed by atoms with Gasteiger partial charge in [0.15, 0.2) is 10.8 Å². The number of anilines is 1. The maximum atomic E-state index is 12.1. The van der Waals surface area contributed by atoms with Crippen LogP contribution < -0.4 is 10.5 Å². The molecule has 0 amide bonds. The molecule has 0 saturated carbocycles. The summed E-state index contributed by atoms with van der Waals surface area (Å²) in [5.41, 5.74) is 0.790. The molecule has 4 heterocycles. The number of aromatic nitrogens is 4. The standard InChI is InChI=1S/C15H15ClN6OS/c16-12-8-17-10-18-14(12)21-3-1-20(2-4-21)9-11-7-13(23)22-5-6-24-15(22)19-11/h5-8,10H,1-4,9H2. The fraction of sp³-hybridized carbons (Fsp3) is 0.333. The van der Waals surface area contributed by atoms with Crippen LogP contribution in [0.5, 0.6) is 0 Å². The second-order valence-electron chi connectivity index (χ2n) is 5.60. The van der Waals surface area contributed by atoms with E-state index in [0.717, 1.165) is 42.7 Å². The third-order valence-electron chi connectivity index (χ3n) is 4.06. The van der Waals surface area contributed by atoms with Gasteiger partial charge in [-0.05, 0) is 0 Å². The average molecular weight is 363 g/mol. The first-order valence-electron chi connectivity index (χ1n) is 7.59. The van der Waals surface area contributed by atoms with Gasteiger partial charge in [-0.15, -0.1) is 11.3 Å². The molecule has 1 aliphatic rings. The van der Waals surface area contributed by atoms with Crippen LogP contribution in [0.3, 0.4) is 0 Å². The van der Waals surface area contributed by atoms with Crippen LogP contribution in [0.1, 0.15) is 5.69 Å². The van der Waals surface area contributed by atoms with Crippen LogP contribution in [0, 0.1) is 0 Å². The number of halogens is 1. The van der Waals surface area contributed by atoms with Crippen LogP contribution in [0.25, 0.3) is 4.96 Å². The molecule has 124 valence electrons. The molecular weight excluding hydrogens is 348 g/mol. The predicted molar refractivity (Wildman–Crippen MR) is 93.9 cm³/mol. The third kappa shape index (κ3) is 3.00. The van der Waals surface area contributed by atoms with E-state index >= 15 is 0 Å². The zero-order valence-corrected chi connectivity index (χ0v) is 14.4. The Morgan fingerprint density at radius 3 is 2.88 bits per heavy atom. The molecule has 0 radical (unpaired) electrons. The molecule has 3 aromatic heterocycles. The molecule has 1 fully saturated rings. The highest BCUT2D eigenvalue weighted by molar-refractivity contribution is 7.15. The Bertz CT molecular complexity index is 917. The van der Waals surface area contributed by atoms with Gasteiger partial charge in [0.1, 0.15) is 11.3 Å². The number of piperazine rings is 1. The zero-order chi connectivity index (χ0) is 16.5. The summed E-state index contributed by atoms with van der Waals surface area (Å²) in [6, 6.07) is 1.62. The van der Waals surface area contributed by atoms with Crippen molar-refractivity contribution < 1.29 is 0 Å².